The smallest absolute Gasteiger partial charge is 0.279 e. The summed E-state index contributed by atoms with van der Waals surface area (Å²) in [5, 5.41) is 16.1. The molecule has 1 aromatic heterocycles. The van der Waals surface area contributed by atoms with E-state index in [1.165, 1.54) is 4.68 Å². The number of rotatable bonds is 8. The molecule has 1 spiro atoms. The fourth-order valence-corrected chi connectivity index (χ4v) is 11.7. The molecule has 3 aliphatic heterocycles. The number of aliphatic hydroxyl groups excluding tert-OH is 1. The summed E-state index contributed by atoms with van der Waals surface area (Å²) in [7, 11) is -1.50. The van der Waals surface area contributed by atoms with E-state index in [0.29, 0.717) is 41.0 Å². The first-order chi connectivity index (χ1) is 25.9. The van der Waals surface area contributed by atoms with Crippen LogP contribution in [0.2, 0.25) is 18.6 Å². The highest BCUT2D eigenvalue weighted by molar-refractivity contribution is 6.71. The van der Waals surface area contributed by atoms with Crippen LogP contribution in [-0.2, 0) is 39.4 Å². The average molecular weight is 745 g/mol. The maximum atomic E-state index is 15.1. The van der Waals surface area contributed by atoms with E-state index in [1.54, 1.807) is 35.2 Å². The molecule has 278 valence electrons. The molecule has 5 aromatic rings. The summed E-state index contributed by atoms with van der Waals surface area (Å²) in [6.07, 6.45) is 1.40. The van der Waals surface area contributed by atoms with Crippen LogP contribution >= 0.6 is 0 Å². The highest BCUT2D eigenvalue weighted by atomic mass is 28.4. The van der Waals surface area contributed by atoms with Crippen molar-refractivity contribution in [1.29, 1.82) is 0 Å². The molecule has 2 amide bonds. The van der Waals surface area contributed by atoms with E-state index >= 15 is 4.79 Å². The van der Waals surface area contributed by atoms with Crippen molar-refractivity contribution in [2.75, 3.05) is 18.6 Å². The number of carbonyl (C=O) groups excluding carboxylic acids is 2. The van der Waals surface area contributed by atoms with Crippen molar-refractivity contribution in [3.63, 3.8) is 0 Å². The third-order valence-corrected chi connectivity index (χ3v) is 14.1. The first-order valence-electron chi connectivity index (χ1n) is 18.4. The summed E-state index contributed by atoms with van der Waals surface area (Å²) < 4.78 is 14.0. The molecule has 11 nitrogen and oxygen atoms in total. The molecule has 5 atom stereocenters. The molecule has 0 radical (unpaired) electrons. The van der Waals surface area contributed by atoms with Gasteiger partial charge in [-0.1, -0.05) is 61.5 Å². The van der Waals surface area contributed by atoms with Crippen LogP contribution in [0.1, 0.15) is 35.6 Å². The molecule has 2 N–H and O–H groups in total. The Morgan fingerprint density at radius 3 is 2.52 bits per heavy atom. The number of hydrogen-bond acceptors (Lipinski definition) is 8. The van der Waals surface area contributed by atoms with Gasteiger partial charge < -0.3 is 29.2 Å². The molecule has 8 rings (SSSR count). The topological polar surface area (TPSA) is 134 Å². The van der Waals surface area contributed by atoms with Gasteiger partial charge in [0.2, 0.25) is 5.91 Å². The highest BCUT2D eigenvalue weighted by Crippen LogP contribution is 2.60. The van der Waals surface area contributed by atoms with Crippen LogP contribution in [0.5, 0.6) is 5.75 Å². The Morgan fingerprint density at radius 1 is 1.00 bits per heavy atom. The van der Waals surface area contributed by atoms with Crippen molar-refractivity contribution < 1.29 is 29.0 Å². The predicted molar refractivity (Wildman–Crippen MR) is 207 cm³/mol. The molecule has 0 unspecified atom stereocenters. The van der Waals surface area contributed by atoms with Crippen LogP contribution in [0.15, 0.2) is 102 Å². The number of amides is 2. The van der Waals surface area contributed by atoms with Gasteiger partial charge in [-0.05, 0) is 72.6 Å². The van der Waals surface area contributed by atoms with Gasteiger partial charge in [0, 0.05) is 29.0 Å². The number of aromatic nitrogens is 2. The van der Waals surface area contributed by atoms with Crippen molar-refractivity contribution in [2.24, 2.45) is 5.92 Å². The second-order valence-corrected chi connectivity index (χ2v) is 19.3. The van der Waals surface area contributed by atoms with E-state index in [-0.39, 0.29) is 43.0 Å². The fourth-order valence-electron chi connectivity index (χ4n) is 9.12. The van der Waals surface area contributed by atoms with Gasteiger partial charge in [0.05, 0.1) is 61.8 Å². The van der Waals surface area contributed by atoms with E-state index in [2.05, 4.69) is 5.10 Å². The Hall–Kier alpha value is -5.14. The molecule has 0 aliphatic carbocycles. The van der Waals surface area contributed by atoms with Gasteiger partial charge in [-0.2, -0.15) is 9.78 Å². The lowest BCUT2D eigenvalue weighted by Crippen LogP contribution is -2.48. The van der Waals surface area contributed by atoms with Gasteiger partial charge in [-0.3, -0.25) is 14.4 Å². The third-order valence-electron chi connectivity index (χ3n) is 11.6. The van der Waals surface area contributed by atoms with Crippen LogP contribution < -0.4 is 15.2 Å². The van der Waals surface area contributed by atoms with Crippen LogP contribution in [0.3, 0.4) is 0 Å². The lowest BCUT2D eigenvalue weighted by molar-refractivity contribution is -0.151. The molecular weight excluding hydrogens is 701 g/mol. The Morgan fingerprint density at radius 2 is 1.76 bits per heavy atom. The Balaban J connectivity index is 1.14. The minimum Gasteiger partial charge on any atom is -0.497 e. The van der Waals surface area contributed by atoms with E-state index in [1.807, 2.05) is 98.9 Å². The second-order valence-electron chi connectivity index (χ2n) is 15.3. The molecule has 4 aromatic carbocycles. The quantitative estimate of drug-likeness (QED) is 0.211. The zero-order valence-corrected chi connectivity index (χ0v) is 31.8. The van der Waals surface area contributed by atoms with E-state index in [0.717, 1.165) is 22.1 Å². The van der Waals surface area contributed by atoms with Crippen molar-refractivity contribution >= 4 is 36.6 Å². The van der Waals surface area contributed by atoms with Crippen molar-refractivity contribution in [1.82, 2.24) is 14.7 Å². The van der Waals surface area contributed by atoms with E-state index in [4.69, 9.17) is 9.47 Å². The number of anilines is 1. The lowest BCUT2D eigenvalue weighted by atomic mass is 9.82. The monoisotopic (exact) mass is 744 g/mol. The first kappa shape index (κ1) is 35.9. The summed E-state index contributed by atoms with van der Waals surface area (Å²) in [5.41, 5.74) is 2.56. The number of benzene rings is 4. The lowest BCUT2D eigenvalue weighted by Gasteiger charge is -2.37. The van der Waals surface area contributed by atoms with Gasteiger partial charge in [0.15, 0.2) is 13.9 Å². The molecule has 0 saturated carbocycles. The normalized spacial score (nSPS) is 23.6. The van der Waals surface area contributed by atoms with Crippen molar-refractivity contribution in [2.45, 2.75) is 69.2 Å². The zero-order valence-electron chi connectivity index (χ0n) is 30.8. The molecule has 0 bridgehead atoms. The van der Waals surface area contributed by atoms with Gasteiger partial charge in [0.25, 0.3) is 11.5 Å². The molecule has 3 aliphatic rings. The predicted octanol–water partition coefficient (Wildman–Crippen LogP) is 5.07. The fraction of sp³-hybridized carbons (Fsp3) is 0.333. The number of aliphatic hydroxyl groups is 1. The number of nitrogens with zero attached hydrogens (tertiary/aromatic N) is 4. The summed E-state index contributed by atoms with van der Waals surface area (Å²) in [4.78, 5) is 58.0. The minimum absolute atomic E-state index is 0.0471. The van der Waals surface area contributed by atoms with Gasteiger partial charge >= 0.3 is 0 Å². The van der Waals surface area contributed by atoms with Crippen LogP contribution in [0.25, 0.3) is 16.5 Å². The maximum absolute atomic E-state index is 15.1. The summed E-state index contributed by atoms with van der Waals surface area (Å²) in [6, 6.07) is 27.7. The molecule has 12 heteroatoms. The van der Waals surface area contributed by atoms with Gasteiger partial charge in [-0.15, -0.1) is 0 Å². The summed E-state index contributed by atoms with van der Waals surface area (Å²) in [6.45, 7) is 5.97. The summed E-state index contributed by atoms with van der Waals surface area (Å²) >= 11 is 0. The van der Waals surface area contributed by atoms with Crippen molar-refractivity contribution in [3.05, 3.63) is 130 Å². The van der Waals surface area contributed by atoms with Crippen molar-refractivity contribution in [3.8, 4) is 11.4 Å². The first-order valence-corrected chi connectivity index (χ1v) is 21.4. The second kappa shape index (κ2) is 13.6. The standard InChI is InChI=1S/C42H44N4O7Si/c1-26-39(54(3,4)51)37(21-38(48)44-24-30-13-6-5-11-28(30)19-32(44)25-47)53-42(26)35-20-33(52-2)16-17-36(35)45(41(42)50)23-27-10-9-14-31(18-27)46-40(49)34-15-8-7-12-29(34)22-43-46/h5-18,20,22,26,32,37,39,47,51H,19,21,23-25H2,1-4H3/t26-,32-,37+,39-,42+/m0/s1. The summed E-state index contributed by atoms with van der Waals surface area (Å²) in [5.74, 6) is -0.420. The van der Waals surface area contributed by atoms with Gasteiger partial charge in [0.1, 0.15) is 5.75 Å². The molecule has 4 heterocycles. The van der Waals surface area contributed by atoms with E-state index < -0.39 is 31.5 Å². The highest BCUT2D eigenvalue weighted by Gasteiger charge is 2.66. The molecule has 1 saturated heterocycles. The third kappa shape index (κ3) is 5.84. The Kier molecular flexibility index (Phi) is 9.04. The Bertz CT molecular complexity index is 2340. The number of carbonyl (C=O) groups is 2. The molecular formula is C42H44N4O7Si. The SMILES string of the molecule is COc1ccc2c(c1)[C@@]1(O[C@H](CC(=O)N3Cc4ccccc4C[C@H]3CO)[C@@H]([Si](C)(C)O)[C@@H]1C)C(=O)N2Cc1cccc(-n2ncc3ccccc3c2=O)c1. The Labute approximate surface area is 314 Å². The number of fused-ring (bicyclic) bond motifs is 4. The number of hydrogen-bond donors (Lipinski definition) is 2. The van der Waals surface area contributed by atoms with Gasteiger partial charge in [-0.25, -0.2) is 0 Å². The molecule has 1 fully saturated rings. The van der Waals surface area contributed by atoms with Crippen LogP contribution in [-0.4, -0.2) is 70.6 Å². The number of methoxy groups -OCH3 is 1. The van der Waals surface area contributed by atoms with E-state index in [9.17, 15) is 19.5 Å². The number of ether oxygens (including phenoxy) is 2. The average Bonchev–Trinajstić information content (AvgIpc) is 3.59. The minimum atomic E-state index is -3.07. The molecule has 54 heavy (non-hydrogen) atoms. The van der Waals surface area contributed by atoms with Crippen LogP contribution in [0.4, 0.5) is 5.69 Å². The van der Waals surface area contributed by atoms with Crippen LogP contribution in [0, 0.1) is 5.92 Å². The maximum Gasteiger partial charge on any atom is 0.279 e. The largest absolute Gasteiger partial charge is 0.497 e. The zero-order chi connectivity index (χ0) is 37.9.